The lowest BCUT2D eigenvalue weighted by Gasteiger charge is -2.29. The van der Waals surface area contributed by atoms with E-state index in [-0.39, 0.29) is 6.10 Å². The molecule has 0 radical (unpaired) electrons. The van der Waals surface area contributed by atoms with Crippen molar-refractivity contribution in [2.45, 2.75) is 18.6 Å². The van der Waals surface area contributed by atoms with Crippen LogP contribution in [-0.4, -0.2) is 5.11 Å². The van der Waals surface area contributed by atoms with Gasteiger partial charge in [-0.3, -0.25) is 0 Å². The Balaban J connectivity index is 1.94. The van der Waals surface area contributed by atoms with Crippen molar-refractivity contribution in [3.63, 3.8) is 0 Å². The lowest BCUT2D eigenvalue weighted by atomic mass is 9.98. The fourth-order valence-electron chi connectivity index (χ4n) is 2.11. The van der Waals surface area contributed by atoms with Crippen LogP contribution in [0.15, 0.2) is 32.5 Å². The first-order valence-electron chi connectivity index (χ1n) is 5.63. The minimum Gasteiger partial charge on any atom is -0.484 e. The topological polar surface area (TPSA) is 29.5 Å². The molecule has 0 saturated heterocycles. The Morgan fingerprint density at radius 3 is 2.79 bits per heavy atom. The van der Waals surface area contributed by atoms with Crippen molar-refractivity contribution in [3.8, 4) is 5.75 Å². The maximum absolute atomic E-state index is 10.2. The number of rotatable bonds is 1. The van der Waals surface area contributed by atoms with Gasteiger partial charge in [0, 0.05) is 26.4 Å². The summed E-state index contributed by atoms with van der Waals surface area (Å²) in [5.41, 5.74) is 0.762. The van der Waals surface area contributed by atoms with Gasteiger partial charge >= 0.3 is 0 Å². The van der Waals surface area contributed by atoms with Gasteiger partial charge in [-0.25, -0.2) is 0 Å². The van der Waals surface area contributed by atoms with E-state index in [9.17, 15) is 5.11 Å². The summed E-state index contributed by atoms with van der Waals surface area (Å²) >= 11 is 14.5. The van der Waals surface area contributed by atoms with Crippen LogP contribution in [0.2, 0.25) is 5.02 Å². The molecule has 0 bridgehead atoms. The standard InChI is InChI=1S/C13H9Br2ClO2S/c14-8-4-12(19-13(8)15)11-5-9(17)7-3-6(16)1-2-10(7)18-11/h1-4,9,11,17H,5H2/t9-,11?/m0/s1. The van der Waals surface area contributed by atoms with Crippen molar-refractivity contribution in [2.75, 3.05) is 0 Å². The van der Waals surface area contributed by atoms with Crippen molar-refractivity contribution in [1.82, 2.24) is 0 Å². The summed E-state index contributed by atoms with van der Waals surface area (Å²) < 4.78 is 8.00. The van der Waals surface area contributed by atoms with Gasteiger partial charge in [0.05, 0.1) is 9.89 Å². The molecule has 2 atom stereocenters. The molecule has 2 aromatic rings. The summed E-state index contributed by atoms with van der Waals surface area (Å²) in [4.78, 5) is 1.08. The highest BCUT2D eigenvalue weighted by Gasteiger charge is 2.29. The number of thiophene rings is 1. The maximum Gasteiger partial charge on any atom is 0.136 e. The first-order chi connectivity index (χ1) is 9.04. The molecule has 6 heteroatoms. The second-order valence-corrected chi connectivity index (χ2v) is 8.00. The Kier molecular flexibility index (Phi) is 3.93. The number of aliphatic hydroxyl groups is 1. The van der Waals surface area contributed by atoms with Gasteiger partial charge in [0.2, 0.25) is 0 Å². The Bertz CT molecular complexity index is 610. The number of hydrogen-bond donors (Lipinski definition) is 1. The molecule has 3 rings (SSSR count). The first kappa shape index (κ1) is 13.9. The second kappa shape index (κ2) is 5.37. The molecule has 1 aromatic heterocycles. The lowest BCUT2D eigenvalue weighted by Crippen LogP contribution is -2.18. The van der Waals surface area contributed by atoms with Crippen LogP contribution in [0.1, 0.15) is 29.1 Å². The van der Waals surface area contributed by atoms with Crippen LogP contribution in [0.25, 0.3) is 0 Å². The van der Waals surface area contributed by atoms with Gasteiger partial charge < -0.3 is 9.84 Å². The highest BCUT2D eigenvalue weighted by molar-refractivity contribution is 9.13. The molecule has 2 nitrogen and oxygen atoms in total. The molecule has 19 heavy (non-hydrogen) atoms. The second-order valence-electron chi connectivity index (χ2n) is 4.31. The van der Waals surface area contributed by atoms with Gasteiger partial charge in [0.15, 0.2) is 0 Å². The van der Waals surface area contributed by atoms with Crippen LogP contribution in [0.4, 0.5) is 0 Å². The van der Waals surface area contributed by atoms with E-state index in [0.717, 1.165) is 18.7 Å². The van der Waals surface area contributed by atoms with E-state index in [1.54, 1.807) is 23.5 Å². The van der Waals surface area contributed by atoms with Crippen molar-refractivity contribution in [2.24, 2.45) is 0 Å². The first-order valence-corrected chi connectivity index (χ1v) is 8.41. The third kappa shape index (κ3) is 2.72. The van der Waals surface area contributed by atoms with Gasteiger partial charge in [0.25, 0.3) is 0 Å². The van der Waals surface area contributed by atoms with E-state index in [1.807, 2.05) is 12.1 Å². The fraction of sp³-hybridized carbons (Fsp3) is 0.231. The monoisotopic (exact) mass is 422 g/mol. The van der Waals surface area contributed by atoms with Gasteiger partial charge in [-0.1, -0.05) is 11.6 Å². The molecule has 0 saturated carbocycles. The van der Waals surface area contributed by atoms with E-state index in [1.165, 1.54) is 0 Å². The van der Waals surface area contributed by atoms with Crippen LogP contribution in [0, 0.1) is 0 Å². The van der Waals surface area contributed by atoms with E-state index in [2.05, 4.69) is 31.9 Å². The van der Waals surface area contributed by atoms with E-state index >= 15 is 0 Å². The zero-order valence-electron chi connectivity index (χ0n) is 9.57. The molecule has 2 heterocycles. The smallest absolute Gasteiger partial charge is 0.136 e. The number of ether oxygens (including phenoxy) is 1. The minimum absolute atomic E-state index is 0.128. The molecule has 0 fully saturated rings. The zero-order valence-corrected chi connectivity index (χ0v) is 14.3. The molecule has 100 valence electrons. The van der Waals surface area contributed by atoms with Crippen LogP contribution in [0.3, 0.4) is 0 Å². The van der Waals surface area contributed by atoms with Crippen molar-refractivity contribution in [1.29, 1.82) is 0 Å². The highest BCUT2D eigenvalue weighted by Crippen LogP contribution is 2.45. The molecule has 1 unspecified atom stereocenters. The Morgan fingerprint density at radius 2 is 2.11 bits per heavy atom. The van der Waals surface area contributed by atoms with Crippen molar-refractivity contribution < 1.29 is 9.84 Å². The number of hydrogen-bond acceptors (Lipinski definition) is 3. The number of fused-ring (bicyclic) bond motifs is 1. The van der Waals surface area contributed by atoms with Gasteiger partial charge in [0.1, 0.15) is 11.9 Å². The van der Waals surface area contributed by atoms with E-state index < -0.39 is 6.10 Å². The summed E-state index contributed by atoms with van der Waals surface area (Å²) in [5, 5.41) is 10.8. The highest BCUT2D eigenvalue weighted by atomic mass is 79.9. The van der Waals surface area contributed by atoms with Crippen LogP contribution >= 0.6 is 54.8 Å². The summed E-state index contributed by atoms with van der Waals surface area (Å²) in [6, 6.07) is 7.37. The Labute approximate surface area is 136 Å². The molecule has 1 aliphatic heterocycles. The molecule has 1 aromatic carbocycles. The zero-order chi connectivity index (χ0) is 13.6. The Morgan fingerprint density at radius 1 is 1.32 bits per heavy atom. The predicted molar refractivity (Wildman–Crippen MR) is 84.1 cm³/mol. The fourth-order valence-corrected chi connectivity index (χ4v) is 4.43. The third-order valence-electron chi connectivity index (χ3n) is 3.02. The number of benzene rings is 1. The third-order valence-corrected chi connectivity index (χ3v) is 6.60. The molecular weight excluding hydrogens is 415 g/mol. The maximum atomic E-state index is 10.2. The molecule has 0 amide bonds. The average molecular weight is 425 g/mol. The van der Waals surface area contributed by atoms with Crippen LogP contribution < -0.4 is 4.74 Å². The average Bonchev–Trinajstić information content (AvgIpc) is 2.70. The van der Waals surface area contributed by atoms with Gasteiger partial charge in [-0.15, -0.1) is 11.3 Å². The normalized spacial score (nSPS) is 21.9. The predicted octanol–water partition coefficient (Wildman–Crippen LogP) is 5.48. The van der Waals surface area contributed by atoms with Gasteiger partial charge in [-0.05, 0) is 56.1 Å². The SMILES string of the molecule is O[C@H]1CC(c2cc(Br)c(Br)s2)Oc2ccc(Cl)cc21. The molecule has 1 N–H and O–H groups in total. The molecule has 0 aliphatic carbocycles. The summed E-state index contributed by atoms with van der Waals surface area (Å²) in [6.45, 7) is 0. The summed E-state index contributed by atoms with van der Waals surface area (Å²) in [6.07, 6.45) is -0.143. The van der Waals surface area contributed by atoms with Crippen LogP contribution in [0.5, 0.6) is 5.75 Å². The van der Waals surface area contributed by atoms with Crippen LogP contribution in [-0.2, 0) is 0 Å². The molecule has 0 spiro atoms. The number of halogens is 3. The summed E-state index contributed by atoms with van der Waals surface area (Å²) in [7, 11) is 0. The van der Waals surface area contributed by atoms with E-state index in [4.69, 9.17) is 16.3 Å². The summed E-state index contributed by atoms with van der Waals surface area (Å²) in [5.74, 6) is 0.703. The largest absolute Gasteiger partial charge is 0.484 e. The molecular formula is C13H9Br2ClO2S. The molecule has 1 aliphatic rings. The quantitative estimate of drug-likeness (QED) is 0.657. The Hall–Kier alpha value is -0.0700. The lowest BCUT2D eigenvalue weighted by molar-refractivity contribution is 0.0674. The minimum atomic E-state index is -0.549. The van der Waals surface area contributed by atoms with Crippen molar-refractivity contribution >= 4 is 54.8 Å². The number of aliphatic hydroxyl groups excluding tert-OH is 1. The van der Waals surface area contributed by atoms with Crippen molar-refractivity contribution in [3.05, 3.63) is 48.0 Å². The van der Waals surface area contributed by atoms with Gasteiger partial charge in [-0.2, -0.15) is 0 Å². The van der Waals surface area contributed by atoms with E-state index in [0.29, 0.717) is 17.2 Å².